The summed E-state index contributed by atoms with van der Waals surface area (Å²) in [6.45, 7) is 0. The number of halogens is 2. The summed E-state index contributed by atoms with van der Waals surface area (Å²) in [5.74, 6) is -0.384. The molecule has 19 heavy (non-hydrogen) atoms. The van der Waals surface area contributed by atoms with Crippen LogP contribution >= 0.6 is 35.0 Å². The summed E-state index contributed by atoms with van der Waals surface area (Å²) in [6, 6.07) is 6.77. The third kappa shape index (κ3) is 3.59. The van der Waals surface area contributed by atoms with Gasteiger partial charge in [-0.3, -0.25) is 4.79 Å². The van der Waals surface area contributed by atoms with Crippen molar-refractivity contribution < 1.29 is 4.79 Å². The fraction of sp³-hybridized carbons (Fsp3) is 0.0833. The zero-order valence-corrected chi connectivity index (χ0v) is 12.2. The number of hydrogen-bond acceptors (Lipinski definition) is 4. The van der Waals surface area contributed by atoms with Gasteiger partial charge >= 0.3 is 0 Å². The van der Waals surface area contributed by atoms with Gasteiger partial charge in [0.2, 0.25) is 0 Å². The molecule has 1 amide bonds. The average molecular weight is 314 g/mol. The maximum Gasteiger partial charge on any atom is 0.275 e. The molecule has 0 saturated heterocycles. The third-order valence-corrected chi connectivity index (χ3v) is 3.31. The molecule has 2 aromatic rings. The second kappa shape index (κ2) is 6.23. The van der Waals surface area contributed by atoms with Gasteiger partial charge in [0.25, 0.3) is 5.91 Å². The number of nitrogens with zero attached hydrogens (tertiary/aromatic N) is 2. The molecule has 0 fully saturated rings. The molecule has 1 aromatic heterocycles. The number of amides is 1. The van der Waals surface area contributed by atoms with E-state index in [1.165, 1.54) is 18.0 Å². The second-order valence-corrected chi connectivity index (χ2v) is 5.13. The van der Waals surface area contributed by atoms with Gasteiger partial charge in [0.1, 0.15) is 0 Å². The molecule has 1 aromatic carbocycles. The highest BCUT2D eigenvalue weighted by Crippen LogP contribution is 2.19. The van der Waals surface area contributed by atoms with Gasteiger partial charge in [-0.2, -0.15) is 0 Å². The lowest BCUT2D eigenvalue weighted by Gasteiger charge is -2.06. The van der Waals surface area contributed by atoms with Crippen LogP contribution in [-0.4, -0.2) is 22.1 Å². The van der Waals surface area contributed by atoms with Crippen LogP contribution in [-0.2, 0) is 0 Å². The van der Waals surface area contributed by atoms with Gasteiger partial charge in [0.15, 0.2) is 10.9 Å². The fourth-order valence-electron chi connectivity index (χ4n) is 1.33. The minimum Gasteiger partial charge on any atom is -0.321 e. The smallest absolute Gasteiger partial charge is 0.275 e. The first-order valence-corrected chi connectivity index (χ1v) is 7.21. The SMILES string of the molecule is CSc1ncc(Cl)c(C(=O)Nc2ccc(Cl)cc2)n1. The van der Waals surface area contributed by atoms with E-state index in [4.69, 9.17) is 23.2 Å². The second-order valence-electron chi connectivity index (χ2n) is 3.51. The van der Waals surface area contributed by atoms with E-state index in [1.807, 2.05) is 6.26 Å². The van der Waals surface area contributed by atoms with Crippen LogP contribution in [0.15, 0.2) is 35.6 Å². The van der Waals surface area contributed by atoms with E-state index < -0.39 is 0 Å². The first kappa shape index (κ1) is 14.1. The normalized spacial score (nSPS) is 10.3. The maximum atomic E-state index is 12.1. The predicted molar refractivity (Wildman–Crippen MR) is 78.2 cm³/mol. The molecule has 0 saturated carbocycles. The molecule has 0 unspecified atom stereocenters. The Hall–Kier alpha value is -1.30. The molecular weight excluding hydrogens is 305 g/mol. The molecule has 98 valence electrons. The van der Waals surface area contributed by atoms with Crippen molar-refractivity contribution >= 4 is 46.6 Å². The molecule has 0 aliphatic heterocycles. The molecule has 1 heterocycles. The first-order valence-electron chi connectivity index (χ1n) is 5.23. The van der Waals surface area contributed by atoms with Crippen LogP contribution in [0.25, 0.3) is 0 Å². The van der Waals surface area contributed by atoms with Crippen molar-refractivity contribution in [2.24, 2.45) is 0 Å². The average Bonchev–Trinajstić information content (AvgIpc) is 2.42. The fourth-order valence-corrected chi connectivity index (χ4v) is 1.98. The van der Waals surface area contributed by atoms with E-state index in [0.29, 0.717) is 15.9 Å². The van der Waals surface area contributed by atoms with Crippen molar-refractivity contribution in [3.05, 3.63) is 46.2 Å². The molecule has 0 atom stereocenters. The zero-order chi connectivity index (χ0) is 13.8. The van der Waals surface area contributed by atoms with Gasteiger partial charge < -0.3 is 5.32 Å². The highest BCUT2D eigenvalue weighted by molar-refractivity contribution is 7.98. The number of carbonyl (C=O) groups excluding carboxylic acids is 1. The summed E-state index contributed by atoms with van der Waals surface area (Å²) in [5.41, 5.74) is 0.769. The Kier molecular flexibility index (Phi) is 4.63. The molecule has 0 aliphatic carbocycles. The van der Waals surface area contributed by atoms with Gasteiger partial charge in [0, 0.05) is 10.7 Å². The van der Waals surface area contributed by atoms with Gasteiger partial charge in [-0.1, -0.05) is 35.0 Å². The quantitative estimate of drug-likeness (QED) is 0.692. The van der Waals surface area contributed by atoms with Gasteiger partial charge in [-0.25, -0.2) is 9.97 Å². The number of nitrogens with one attached hydrogen (secondary N) is 1. The number of aromatic nitrogens is 2. The lowest BCUT2D eigenvalue weighted by Crippen LogP contribution is -2.15. The van der Waals surface area contributed by atoms with Crippen molar-refractivity contribution in [1.82, 2.24) is 9.97 Å². The maximum absolute atomic E-state index is 12.1. The Labute approximate surface area is 124 Å². The Bertz CT molecular complexity index is 604. The van der Waals surface area contributed by atoms with Crippen LogP contribution in [0.5, 0.6) is 0 Å². The minimum absolute atomic E-state index is 0.149. The number of anilines is 1. The van der Waals surface area contributed by atoms with Crippen molar-refractivity contribution in [3.8, 4) is 0 Å². The van der Waals surface area contributed by atoms with Gasteiger partial charge in [-0.05, 0) is 30.5 Å². The standard InChI is InChI=1S/C12H9Cl2N3OS/c1-19-12-15-6-9(14)10(17-12)11(18)16-8-4-2-7(13)3-5-8/h2-6H,1H3,(H,16,18). The number of carbonyl (C=O) groups is 1. The van der Waals surface area contributed by atoms with Crippen molar-refractivity contribution in [2.45, 2.75) is 5.16 Å². The lowest BCUT2D eigenvalue weighted by molar-refractivity contribution is 0.102. The molecule has 0 aliphatic rings. The predicted octanol–water partition coefficient (Wildman–Crippen LogP) is 3.76. The number of benzene rings is 1. The summed E-state index contributed by atoms with van der Waals surface area (Å²) in [6.07, 6.45) is 3.24. The number of rotatable bonds is 3. The molecule has 0 spiro atoms. The lowest BCUT2D eigenvalue weighted by atomic mass is 10.3. The van der Waals surface area contributed by atoms with E-state index in [0.717, 1.165) is 0 Å². The van der Waals surface area contributed by atoms with E-state index in [2.05, 4.69) is 15.3 Å². The van der Waals surface area contributed by atoms with Crippen LogP contribution in [0, 0.1) is 0 Å². The molecule has 7 heteroatoms. The summed E-state index contributed by atoms with van der Waals surface area (Å²) in [7, 11) is 0. The zero-order valence-electron chi connectivity index (χ0n) is 9.85. The highest BCUT2D eigenvalue weighted by Gasteiger charge is 2.14. The summed E-state index contributed by atoms with van der Waals surface area (Å²) in [5, 5.41) is 4.00. The third-order valence-electron chi connectivity index (χ3n) is 2.22. The molecule has 2 rings (SSSR count). The number of hydrogen-bond donors (Lipinski definition) is 1. The number of thioether (sulfide) groups is 1. The molecule has 4 nitrogen and oxygen atoms in total. The van der Waals surface area contributed by atoms with Gasteiger partial charge in [-0.15, -0.1) is 0 Å². The van der Waals surface area contributed by atoms with Crippen LogP contribution in [0.4, 0.5) is 5.69 Å². The Morgan fingerprint density at radius 2 is 1.95 bits per heavy atom. The van der Waals surface area contributed by atoms with Crippen LogP contribution < -0.4 is 5.32 Å². The van der Waals surface area contributed by atoms with Crippen LogP contribution in [0.1, 0.15) is 10.5 Å². The topological polar surface area (TPSA) is 54.9 Å². The van der Waals surface area contributed by atoms with E-state index in [9.17, 15) is 4.79 Å². The van der Waals surface area contributed by atoms with Crippen LogP contribution in [0.3, 0.4) is 0 Å². The Morgan fingerprint density at radius 1 is 1.26 bits per heavy atom. The Morgan fingerprint density at radius 3 is 2.58 bits per heavy atom. The summed E-state index contributed by atoms with van der Waals surface area (Å²) < 4.78 is 0. The minimum atomic E-state index is -0.384. The molecule has 0 bridgehead atoms. The monoisotopic (exact) mass is 313 g/mol. The first-order chi connectivity index (χ1) is 9.10. The molecule has 0 radical (unpaired) electrons. The summed E-state index contributed by atoms with van der Waals surface area (Å²) in [4.78, 5) is 20.1. The van der Waals surface area contributed by atoms with Crippen molar-refractivity contribution in [2.75, 3.05) is 11.6 Å². The van der Waals surface area contributed by atoms with Crippen molar-refractivity contribution in [3.63, 3.8) is 0 Å². The van der Waals surface area contributed by atoms with Crippen molar-refractivity contribution in [1.29, 1.82) is 0 Å². The van der Waals surface area contributed by atoms with Crippen LogP contribution in [0.2, 0.25) is 10.0 Å². The van der Waals surface area contributed by atoms with Gasteiger partial charge in [0.05, 0.1) is 11.2 Å². The molecule has 1 N–H and O–H groups in total. The highest BCUT2D eigenvalue weighted by atomic mass is 35.5. The van der Waals surface area contributed by atoms with E-state index in [1.54, 1.807) is 24.3 Å². The Balaban J connectivity index is 2.22. The summed E-state index contributed by atoms with van der Waals surface area (Å²) >= 11 is 13.0. The van der Waals surface area contributed by atoms with E-state index >= 15 is 0 Å². The van der Waals surface area contributed by atoms with E-state index in [-0.39, 0.29) is 16.6 Å². The largest absolute Gasteiger partial charge is 0.321 e. The molecular formula is C12H9Cl2N3OS.